The highest BCUT2D eigenvalue weighted by Crippen LogP contribution is 2.55. The van der Waals surface area contributed by atoms with Crippen LogP contribution in [0.1, 0.15) is 306 Å². The molecule has 4 aromatic heterocycles. The Morgan fingerprint density at radius 3 is 0.900 bits per heavy atom. The summed E-state index contributed by atoms with van der Waals surface area (Å²) in [4.78, 5) is 33.8. The van der Waals surface area contributed by atoms with Crippen molar-refractivity contribution in [3.63, 3.8) is 0 Å². The molecule has 4 atom stereocenters. The zero-order valence-electron chi connectivity index (χ0n) is 55.7. The molecule has 0 amide bonds. The van der Waals surface area contributed by atoms with Crippen molar-refractivity contribution in [1.29, 1.82) is 10.5 Å². The number of rotatable bonds is 51. The van der Waals surface area contributed by atoms with Gasteiger partial charge in [-0.1, -0.05) is 283 Å². The van der Waals surface area contributed by atoms with Crippen molar-refractivity contribution in [2.45, 2.75) is 296 Å². The van der Waals surface area contributed by atoms with Gasteiger partial charge in [0.05, 0.1) is 44.5 Å². The second-order valence-electron chi connectivity index (χ2n) is 25.9. The molecule has 0 aliphatic heterocycles. The van der Waals surface area contributed by atoms with Crippen LogP contribution in [0.3, 0.4) is 0 Å². The van der Waals surface area contributed by atoms with Crippen molar-refractivity contribution in [3.8, 4) is 42.8 Å². The van der Waals surface area contributed by atoms with Crippen molar-refractivity contribution in [3.05, 3.63) is 82.1 Å². The summed E-state index contributed by atoms with van der Waals surface area (Å²) in [6, 6.07) is 21.5. The highest BCUT2D eigenvalue weighted by atomic mass is 32.1. The van der Waals surface area contributed by atoms with Crippen LogP contribution in [0.2, 0.25) is 0 Å². The van der Waals surface area contributed by atoms with E-state index in [0.29, 0.717) is 9.75 Å². The average molecular weight is 1310 g/mol. The highest BCUT2D eigenvalue weighted by Gasteiger charge is 2.34. The number of hydrogen-bond donors (Lipinski definition) is 0. The van der Waals surface area contributed by atoms with E-state index in [2.05, 4.69) is 39.8 Å². The van der Waals surface area contributed by atoms with E-state index in [9.17, 15) is 28.9 Å². The first-order valence-corrected chi connectivity index (χ1v) is 39.2. The molecule has 4 unspecified atom stereocenters. The predicted octanol–water partition coefficient (Wildman–Crippen LogP) is 26.7. The van der Waals surface area contributed by atoms with Gasteiger partial charge in [-0.05, 0) is 85.0 Å². The van der Waals surface area contributed by atoms with E-state index in [0.717, 1.165) is 102 Å². The van der Waals surface area contributed by atoms with E-state index >= 15 is 0 Å². The highest BCUT2D eigenvalue weighted by molar-refractivity contribution is 7.33. The monoisotopic (exact) mass is 1300 g/mol. The minimum absolute atomic E-state index is 0.213. The summed E-state index contributed by atoms with van der Waals surface area (Å²) in [5, 5.41) is 23.7. The van der Waals surface area contributed by atoms with E-state index in [1.54, 1.807) is 24.3 Å². The van der Waals surface area contributed by atoms with Gasteiger partial charge in [0.1, 0.15) is 11.6 Å². The predicted molar refractivity (Wildman–Crippen MR) is 382 cm³/mol. The number of ether oxygens (including phenoxy) is 2. The van der Waals surface area contributed by atoms with Gasteiger partial charge in [0.2, 0.25) is 0 Å². The standard InChI is InChI=1S/C78H110F2N2O4S4/c1-5-9-13-17-21-25-27-31-35-39-43-59(41-37-33-29-23-19-15-11-7-3)57-85-77(83)67(55-81)71-65-53-69(61-45-49-63(79)50-46-61)87-73(65)75(89-71)76-74-66(54-70(88-74)62-47-51-64(80)52-48-62)72(90-76)68(56-82)78(84)86-58-60(42-38-34-30-24-20-16-12-8-4)44-40-36-32-28-26-22-18-14-10-6-2/h45-54,59-60,67-68H,5-44,57-58H2,1-4H3. The first-order chi connectivity index (χ1) is 44.1. The fraction of sp³-hybridized carbons (Fsp3) is 0.641. The molecule has 0 bridgehead atoms. The molecule has 0 saturated carbocycles. The second kappa shape index (κ2) is 44.2. The zero-order chi connectivity index (χ0) is 64.0. The van der Waals surface area contributed by atoms with Crippen molar-refractivity contribution in [2.75, 3.05) is 13.2 Å². The number of halogens is 2. The maximum Gasteiger partial charge on any atom is 0.328 e. The number of nitrogens with zero attached hydrogens (tertiary/aromatic N) is 2. The summed E-state index contributed by atoms with van der Waals surface area (Å²) < 4.78 is 43.1. The van der Waals surface area contributed by atoms with E-state index < -0.39 is 23.8 Å². The molecule has 6 rings (SSSR count). The largest absolute Gasteiger partial charge is 0.464 e. The van der Waals surface area contributed by atoms with Crippen molar-refractivity contribution in [1.82, 2.24) is 0 Å². The van der Waals surface area contributed by atoms with E-state index in [1.165, 1.54) is 275 Å². The van der Waals surface area contributed by atoms with Gasteiger partial charge in [0, 0.05) is 30.3 Å². The molecule has 2 aromatic carbocycles. The molecule has 6 nitrogen and oxygen atoms in total. The minimum Gasteiger partial charge on any atom is -0.464 e. The molecule has 6 aromatic rings. The van der Waals surface area contributed by atoms with Gasteiger partial charge < -0.3 is 9.47 Å². The average Bonchev–Trinajstić information content (AvgIpc) is 1.59. The van der Waals surface area contributed by atoms with Crippen molar-refractivity contribution >= 4 is 77.5 Å². The molecule has 12 heteroatoms. The van der Waals surface area contributed by atoms with Crippen LogP contribution < -0.4 is 0 Å². The minimum atomic E-state index is -1.21. The van der Waals surface area contributed by atoms with Crippen LogP contribution in [0, 0.1) is 46.1 Å². The summed E-state index contributed by atoms with van der Waals surface area (Å²) in [7, 11) is 0. The molecule has 0 spiro atoms. The van der Waals surface area contributed by atoms with E-state index in [-0.39, 0.29) is 36.7 Å². The maximum absolute atomic E-state index is 14.6. The summed E-state index contributed by atoms with van der Waals surface area (Å²) in [6.07, 6.45) is 49.0. The summed E-state index contributed by atoms with van der Waals surface area (Å²) in [6.45, 7) is 9.58. The Kier molecular flexibility index (Phi) is 36.6. The lowest BCUT2D eigenvalue weighted by molar-refractivity contribution is -0.146. The van der Waals surface area contributed by atoms with Crippen LogP contribution in [0.5, 0.6) is 0 Å². The van der Waals surface area contributed by atoms with Gasteiger partial charge in [-0.15, -0.1) is 45.3 Å². The Balaban J connectivity index is 1.27. The number of carbonyl (C=O) groups is 2. The number of benzene rings is 2. The molecule has 494 valence electrons. The Labute approximate surface area is 558 Å². The number of nitriles is 2. The SMILES string of the molecule is CCCCCCCCCCCCC(CCCCCCCCCC)COC(=O)C(C#N)c1sc(-c2sc(C(C#N)C(=O)OCC(CCCCCCCCCC)CCCCCCCCCCCC)c3cc(-c4ccc(F)cc4)sc23)c2sc(-c3ccc(F)cc3)cc12. The molecular formula is C78H110F2N2O4S4. The van der Waals surface area contributed by atoms with Gasteiger partial charge in [-0.25, -0.2) is 8.78 Å². The van der Waals surface area contributed by atoms with E-state index in [1.807, 2.05) is 12.1 Å². The second-order valence-corrected chi connectivity index (χ2v) is 30.1. The smallest absolute Gasteiger partial charge is 0.328 e. The van der Waals surface area contributed by atoms with Crippen LogP contribution in [-0.4, -0.2) is 25.2 Å². The Morgan fingerprint density at radius 2 is 0.644 bits per heavy atom. The topological polar surface area (TPSA) is 100 Å². The van der Waals surface area contributed by atoms with Crippen LogP contribution >= 0.6 is 45.3 Å². The quantitative estimate of drug-likeness (QED) is 0.0279. The molecule has 0 aliphatic carbocycles. The fourth-order valence-corrected chi connectivity index (χ4v) is 18.3. The number of unbranched alkanes of at least 4 members (excludes halogenated alkanes) is 32. The lowest BCUT2D eigenvalue weighted by Crippen LogP contribution is -2.19. The first-order valence-electron chi connectivity index (χ1n) is 35.9. The lowest BCUT2D eigenvalue weighted by Gasteiger charge is -2.18. The van der Waals surface area contributed by atoms with Gasteiger partial charge in [0.15, 0.2) is 11.8 Å². The molecule has 0 aliphatic rings. The first kappa shape index (κ1) is 74.6. The van der Waals surface area contributed by atoms with E-state index in [4.69, 9.17) is 9.47 Å². The lowest BCUT2D eigenvalue weighted by atomic mass is 9.94. The number of esters is 2. The third-order valence-electron chi connectivity index (χ3n) is 18.3. The molecule has 0 fully saturated rings. The number of fused-ring (bicyclic) bond motifs is 2. The zero-order valence-corrected chi connectivity index (χ0v) is 59.0. The summed E-state index contributed by atoms with van der Waals surface area (Å²) >= 11 is 5.82. The van der Waals surface area contributed by atoms with Crippen molar-refractivity contribution < 1.29 is 27.8 Å². The Bertz CT molecular complexity index is 2810. The Hall–Kier alpha value is -4.46. The van der Waals surface area contributed by atoms with Crippen molar-refractivity contribution in [2.24, 2.45) is 11.8 Å². The molecule has 4 heterocycles. The maximum atomic E-state index is 14.6. The number of thiophene rings is 4. The molecule has 0 radical (unpaired) electrons. The van der Waals surface area contributed by atoms with Gasteiger partial charge in [-0.2, -0.15) is 10.5 Å². The van der Waals surface area contributed by atoms with Crippen LogP contribution in [0.25, 0.3) is 50.8 Å². The van der Waals surface area contributed by atoms with Crippen LogP contribution in [-0.2, 0) is 19.1 Å². The van der Waals surface area contributed by atoms with Crippen LogP contribution in [0.15, 0.2) is 60.7 Å². The fourth-order valence-electron chi connectivity index (χ4n) is 12.7. The summed E-state index contributed by atoms with van der Waals surface area (Å²) in [5.74, 6) is -3.80. The molecule has 0 saturated heterocycles. The van der Waals surface area contributed by atoms with Crippen LogP contribution in [0.4, 0.5) is 8.78 Å². The number of hydrogen-bond acceptors (Lipinski definition) is 10. The molecule has 0 N–H and O–H groups in total. The normalized spacial score (nSPS) is 13.0. The number of carbonyl (C=O) groups excluding carboxylic acids is 2. The third kappa shape index (κ3) is 25.5. The van der Waals surface area contributed by atoms with Gasteiger partial charge in [-0.3, -0.25) is 9.59 Å². The van der Waals surface area contributed by atoms with Gasteiger partial charge >= 0.3 is 11.9 Å². The third-order valence-corrected chi connectivity index (χ3v) is 23.7. The molecular weight excluding hydrogens is 1200 g/mol. The van der Waals surface area contributed by atoms with Gasteiger partial charge in [0.25, 0.3) is 0 Å². The summed E-state index contributed by atoms with van der Waals surface area (Å²) in [5.41, 5.74) is 1.61. The molecule has 90 heavy (non-hydrogen) atoms. The Morgan fingerprint density at radius 1 is 0.389 bits per heavy atom.